The molecule has 3 heterocycles. The highest BCUT2D eigenvalue weighted by molar-refractivity contribution is 5.86. The quantitative estimate of drug-likeness (QED) is 0.442. The number of hydrogen-bond donors (Lipinski definition) is 0. The Morgan fingerprint density at radius 1 is 1.29 bits per heavy atom. The fraction of sp³-hybridized carbons (Fsp3) is 0.375. The molecule has 0 bridgehead atoms. The van der Waals surface area contributed by atoms with Gasteiger partial charge in [0, 0.05) is 37.2 Å². The summed E-state index contributed by atoms with van der Waals surface area (Å²) < 4.78 is 17.0. The number of carbonyl (C=O) groups excluding carboxylic acids is 1. The first-order chi connectivity index (χ1) is 14.9. The molecule has 7 heteroatoms. The number of rotatable bonds is 6. The van der Waals surface area contributed by atoms with Crippen LogP contribution in [0.1, 0.15) is 42.7 Å². The average Bonchev–Trinajstić information content (AvgIpc) is 2.72. The number of hydrogen-bond acceptors (Lipinski definition) is 7. The highest BCUT2D eigenvalue weighted by Crippen LogP contribution is 2.37. The van der Waals surface area contributed by atoms with Gasteiger partial charge in [0.05, 0.1) is 17.4 Å². The standard InChI is InChI=1S/C24H26N2O5/c1-15(2)30-21(27)8-7-17-11-19-16(3)10-22(28)31-24(19)20-13-26(14-29-23(17)20)12-18-6-4-5-9-25-18/h4-6,9-11,15H,7-8,12-14H2,1-3H3. The number of aromatic nitrogens is 1. The van der Waals surface area contributed by atoms with Crippen LogP contribution in [0.5, 0.6) is 5.75 Å². The molecule has 0 saturated heterocycles. The number of carbonyl (C=O) groups is 1. The third-order valence-electron chi connectivity index (χ3n) is 5.22. The molecule has 2 aromatic heterocycles. The molecule has 3 aromatic rings. The van der Waals surface area contributed by atoms with E-state index in [9.17, 15) is 9.59 Å². The Bertz CT molecular complexity index is 1150. The largest absolute Gasteiger partial charge is 0.477 e. The minimum absolute atomic E-state index is 0.147. The second kappa shape index (κ2) is 8.89. The van der Waals surface area contributed by atoms with Crippen molar-refractivity contribution in [3.8, 4) is 5.75 Å². The summed E-state index contributed by atoms with van der Waals surface area (Å²) in [7, 11) is 0. The molecule has 0 atom stereocenters. The maximum atomic E-state index is 12.1. The fourth-order valence-corrected chi connectivity index (χ4v) is 3.87. The SMILES string of the molecule is Cc1cc(=O)oc2c3c(c(CCC(=O)OC(C)C)cc12)OCN(Cc1ccccn1)C3. The van der Waals surface area contributed by atoms with Gasteiger partial charge in [-0.3, -0.25) is 14.7 Å². The Balaban J connectivity index is 1.69. The van der Waals surface area contributed by atoms with Gasteiger partial charge >= 0.3 is 11.6 Å². The van der Waals surface area contributed by atoms with E-state index in [1.165, 1.54) is 6.07 Å². The molecule has 0 radical (unpaired) electrons. The molecule has 1 aliphatic rings. The van der Waals surface area contributed by atoms with Crippen LogP contribution in [-0.4, -0.2) is 28.7 Å². The van der Waals surface area contributed by atoms with Crippen molar-refractivity contribution in [1.29, 1.82) is 0 Å². The Labute approximate surface area is 180 Å². The van der Waals surface area contributed by atoms with Crippen LogP contribution in [0.15, 0.2) is 45.7 Å². The van der Waals surface area contributed by atoms with E-state index in [1.807, 2.05) is 45.0 Å². The molecule has 0 aliphatic carbocycles. The fourth-order valence-electron chi connectivity index (χ4n) is 3.87. The predicted octanol–water partition coefficient (Wildman–Crippen LogP) is 3.73. The van der Waals surface area contributed by atoms with Gasteiger partial charge in [-0.2, -0.15) is 0 Å². The zero-order valence-corrected chi connectivity index (χ0v) is 18.0. The molecule has 0 saturated carbocycles. The van der Waals surface area contributed by atoms with Gasteiger partial charge in [-0.15, -0.1) is 0 Å². The van der Waals surface area contributed by atoms with Crippen molar-refractivity contribution in [3.05, 3.63) is 69.3 Å². The summed E-state index contributed by atoms with van der Waals surface area (Å²) in [5.41, 5.74) is 3.66. The van der Waals surface area contributed by atoms with Crippen LogP contribution in [0.4, 0.5) is 0 Å². The molecule has 0 spiro atoms. The smallest absolute Gasteiger partial charge is 0.336 e. The van der Waals surface area contributed by atoms with Crippen LogP contribution in [-0.2, 0) is 29.0 Å². The first kappa shape index (κ1) is 21.1. The van der Waals surface area contributed by atoms with E-state index < -0.39 is 0 Å². The topological polar surface area (TPSA) is 81.9 Å². The molecule has 0 amide bonds. The molecule has 1 aromatic carbocycles. The van der Waals surface area contributed by atoms with E-state index >= 15 is 0 Å². The molecule has 0 unspecified atom stereocenters. The molecule has 7 nitrogen and oxygen atoms in total. The minimum Gasteiger partial charge on any atom is -0.477 e. The Kier molecular flexibility index (Phi) is 6.04. The third kappa shape index (κ3) is 4.77. The lowest BCUT2D eigenvalue weighted by Gasteiger charge is -2.30. The zero-order valence-electron chi connectivity index (χ0n) is 18.0. The molecular weight excluding hydrogens is 396 g/mol. The van der Waals surface area contributed by atoms with Crippen LogP contribution < -0.4 is 10.4 Å². The molecule has 4 rings (SSSR count). The van der Waals surface area contributed by atoms with Crippen molar-refractivity contribution >= 4 is 16.9 Å². The van der Waals surface area contributed by atoms with Crippen molar-refractivity contribution in [2.75, 3.05) is 6.73 Å². The summed E-state index contributed by atoms with van der Waals surface area (Å²) in [6.45, 7) is 7.11. The highest BCUT2D eigenvalue weighted by Gasteiger charge is 2.26. The van der Waals surface area contributed by atoms with Crippen LogP contribution in [0.2, 0.25) is 0 Å². The normalized spacial score (nSPS) is 13.8. The first-order valence-electron chi connectivity index (χ1n) is 10.4. The number of pyridine rings is 1. The van der Waals surface area contributed by atoms with Crippen LogP contribution in [0.25, 0.3) is 11.0 Å². The number of ether oxygens (including phenoxy) is 2. The highest BCUT2D eigenvalue weighted by atomic mass is 16.5. The number of nitrogens with zero attached hydrogens (tertiary/aromatic N) is 2. The van der Waals surface area contributed by atoms with E-state index in [2.05, 4.69) is 9.88 Å². The van der Waals surface area contributed by atoms with Gasteiger partial charge < -0.3 is 13.9 Å². The molecule has 1 aliphatic heterocycles. The lowest BCUT2D eigenvalue weighted by atomic mass is 9.97. The van der Waals surface area contributed by atoms with Gasteiger partial charge in [0.1, 0.15) is 18.1 Å². The van der Waals surface area contributed by atoms with Gasteiger partial charge in [0.2, 0.25) is 0 Å². The van der Waals surface area contributed by atoms with Gasteiger partial charge in [0.25, 0.3) is 0 Å². The summed E-state index contributed by atoms with van der Waals surface area (Å²) >= 11 is 0. The number of esters is 1. The van der Waals surface area contributed by atoms with E-state index in [1.54, 1.807) is 6.20 Å². The molecule has 0 N–H and O–H groups in total. The van der Waals surface area contributed by atoms with E-state index in [0.717, 1.165) is 27.8 Å². The lowest BCUT2D eigenvalue weighted by Crippen LogP contribution is -2.32. The zero-order chi connectivity index (χ0) is 22.0. The number of aryl methyl sites for hydroxylation is 2. The summed E-state index contributed by atoms with van der Waals surface area (Å²) in [5, 5.41) is 0.855. The summed E-state index contributed by atoms with van der Waals surface area (Å²) in [4.78, 5) is 30.6. The minimum atomic E-state index is -0.387. The van der Waals surface area contributed by atoms with Gasteiger partial charge in [-0.25, -0.2) is 4.79 Å². The third-order valence-corrected chi connectivity index (χ3v) is 5.22. The van der Waals surface area contributed by atoms with Crippen LogP contribution in [0, 0.1) is 6.92 Å². The van der Waals surface area contributed by atoms with Crippen molar-refractivity contribution < 1.29 is 18.7 Å². The summed E-state index contributed by atoms with van der Waals surface area (Å²) in [6.07, 6.45) is 2.36. The second-order valence-electron chi connectivity index (χ2n) is 8.09. The van der Waals surface area contributed by atoms with E-state index in [0.29, 0.717) is 37.6 Å². The Hall–Kier alpha value is -3.19. The molecule has 0 fully saturated rings. The predicted molar refractivity (Wildman–Crippen MR) is 116 cm³/mol. The Morgan fingerprint density at radius 2 is 2.13 bits per heavy atom. The maximum absolute atomic E-state index is 12.1. The average molecular weight is 422 g/mol. The van der Waals surface area contributed by atoms with Crippen LogP contribution in [0.3, 0.4) is 0 Å². The maximum Gasteiger partial charge on any atom is 0.336 e. The van der Waals surface area contributed by atoms with Gasteiger partial charge in [0.15, 0.2) is 0 Å². The van der Waals surface area contributed by atoms with Gasteiger partial charge in [-0.1, -0.05) is 6.07 Å². The molecule has 162 valence electrons. The number of fused-ring (bicyclic) bond motifs is 3. The summed E-state index contributed by atoms with van der Waals surface area (Å²) in [5.74, 6) is 0.448. The molecule has 31 heavy (non-hydrogen) atoms. The Morgan fingerprint density at radius 3 is 2.87 bits per heavy atom. The lowest BCUT2D eigenvalue weighted by molar-refractivity contribution is -0.147. The van der Waals surface area contributed by atoms with Crippen molar-refractivity contribution in [1.82, 2.24) is 9.88 Å². The monoisotopic (exact) mass is 422 g/mol. The van der Waals surface area contributed by atoms with Crippen molar-refractivity contribution in [2.45, 2.75) is 52.8 Å². The van der Waals surface area contributed by atoms with E-state index in [-0.39, 0.29) is 24.1 Å². The number of benzene rings is 1. The van der Waals surface area contributed by atoms with E-state index in [4.69, 9.17) is 13.9 Å². The summed E-state index contributed by atoms with van der Waals surface area (Å²) in [6, 6.07) is 9.25. The van der Waals surface area contributed by atoms with Crippen molar-refractivity contribution in [3.63, 3.8) is 0 Å². The van der Waals surface area contributed by atoms with Crippen molar-refractivity contribution in [2.24, 2.45) is 0 Å². The first-order valence-corrected chi connectivity index (χ1v) is 10.4. The van der Waals surface area contributed by atoms with Crippen LogP contribution >= 0.6 is 0 Å². The van der Waals surface area contributed by atoms with Gasteiger partial charge in [-0.05, 0) is 56.5 Å². The second-order valence-corrected chi connectivity index (χ2v) is 8.09. The molecular formula is C24H26N2O5.